The van der Waals surface area contributed by atoms with Crippen LogP contribution in [0.4, 0.5) is 0 Å². The van der Waals surface area contributed by atoms with Crippen LogP contribution in [-0.4, -0.2) is 15.1 Å². The molecule has 0 aliphatic carbocycles. The zero-order chi connectivity index (χ0) is 13.6. The van der Waals surface area contributed by atoms with E-state index < -0.39 is 11.1 Å². The topological polar surface area (TPSA) is 91.8 Å². The second kappa shape index (κ2) is 3.94. The van der Waals surface area contributed by atoms with Crippen molar-refractivity contribution in [2.24, 2.45) is 0 Å². The molecule has 3 aromatic rings. The number of nitrogens with one attached hydrogen (secondary N) is 2. The molecule has 0 unspecified atom stereocenters. The quantitative estimate of drug-likeness (QED) is 0.646. The van der Waals surface area contributed by atoms with Gasteiger partial charge in [-0.25, -0.2) is 0 Å². The number of aromatic nitrogens is 3. The van der Waals surface area contributed by atoms with Gasteiger partial charge >= 0.3 is 11.1 Å². The number of H-pyrrole nitrogens is 2. The van der Waals surface area contributed by atoms with Gasteiger partial charge < -0.3 is 14.5 Å². The van der Waals surface area contributed by atoms with E-state index in [4.69, 9.17) is 4.52 Å². The van der Waals surface area contributed by atoms with E-state index in [-0.39, 0.29) is 0 Å². The predicted octanol–water partition coefficient (Wildman–Crippen LogP) is 1.49. The second-order valence-electron chi connectivity index (χ2n) is 4.37. The number of aryl methyl sites for hydroxylation is 2. The summed E-state index contributed by atoms with van der Waals surface area (Å²) in [5, 5.41) is 3.90. The third kappa shape index (κ3) is 1.77. The Morgan fingerprint density at radius 1 is 1.05 bits per heavy atom. The third-order valence-electron chi connectivity index (χ3n) is 3.04. The Kier molecular flexibility index (Phi) is 2.38. The van der Waals surface area contributed by atoms with Gasteiger partial charge in [-0.1, -0.05) is 11.2 Å². The Morgan fingerprint density at radius 3 is 2.37 bits per heavy atom. The van der Waals surface area contributed by atoms with Crippen molar-refractivity contribution in [2.75, 3.05) is 0 Å². The van der Waals surface area contributed by atoms with Gasteiger partial charge in [-0.05, 0) is 31.5 Å². The van der Waals surface area contributed by atoms with Gasteiger partial charge in [-0.2, -0.15) is 0 Å². The van der Waals surface area contributed by atoms with Crippen molar-refractivity contribution in [3.63, 3.8) is 0 Å². The maximum Gasteiger partial charge on any atom is 0.314 e. The molecule has 96 valence electrons. The maximum absolute atomic E-state index is 11.3. The van der Waals surface area contributed by atoms with Crippen LogP contribution in [0.25, 0.3) is 22.2 Å². The third-order valence-corrected chi connectivity index (χ3v) is 3.04. The highest BCUT2D eigenvalue weighted by molar-refractivity contribution is 5.82. The highest BCUT2D eigenvalue weighted by Gasteiger charge is 2.12. The molecule has 2 heterocycles. The number of aromatic amines is 2. The van der Waals surface area contributed by atoms with Crippen molar-refractivity contribution in [1.29, 1.82) is 0 Å². The number of benzene rings is 1. The van der Waals surface area contributed by atoms with Crippen LogP contribution >= 0.6 is 0 Å². The van der Waals surface area contributed by atoms with Crippen molar-refractivity contribution in [3.8, 4) is 11.1 Å². The molecule has 0 aliphatic rings. The summed E-state index contributed by atoms with van der Waals surface area (Å²) >= 11 is 0. The van der Waals surface area contributed by atoms with E-state index in [2.05, 4.69) is 15.1 Å². The molecule has 0 amide bonds. The predicted molar refractivity (Wildman–Crippen MR) is 70.2 cm³/mol. The lowest BCUT2D eigenvalue weighted by atomic mass is 10.0. The fourth-order valence-corrected chi connectivity index (χ4v) is 2.17. The van der Waals surface area contributed by atoms with Crippen molar-refractivity contribution in [1.82, 2.24) is 15.1 Å². The molecule has 6 nitrogen and oxygen atoms in total. The fraction of sp³-hybridized carbons (Fsp3) is 0.154. The molecular weight excluding hydrogens is 246 g/mol. The van der Waals surface area contributed by atoms with Crippen LogP contribution in [0.3, 0.4) is 0 Å². The summed E-state index contributed by atoms with van der Waals surface area (Å²) in [6, 6.07) is 5.39. The first-order valence-electron chi connectivity index (χ1n) is 5.76. The summed E-state index contributed by atoms with van der Waals surface area (Å²) in [4.78, 5) is 27.6. The molecule has 0 bridgehead atoms. The van der Waals surface area contributed by atoms with Crippen molar-refractivity contribution in [3.05, 3.63) is 50.4 Å². The number of hydrogen-bond donors (Lipinski definition) is 2. The van der Waals surface area contributed by atoms with Crippen LogP contribution in [0.2, 0.25) is 0 Å². The minimum Gasteiger partial charge on any atom is -0.361 e. The van der Waals surface area contributed by atoms with E-state index in [0.29, 0.717) is 16.8 Å². The SMILES string of the molecule is Cc1noc(C)c1-c1ccc2[nH]c(=O)c(=O)[nH]c2c1. The van der Waals surface area contributed by atoms with Gasteiger partial charge in [-0.3, -0.25) is 9.59 Å². The number of hydrogen-bond acceptors (Lipinski definition) is 4. The molecule has 0 saturated carbocycles. The van der Waals surface area contributed by atoms with E-state index in [1.54, 1.807) is 12.1 Å². The molecule has 2 N–H and O–H groups in total. The zero-order valence-electron chi connectivity index (χ0n) is 10.4. The monoisotopic (exact) mass is 257 g/mol. The zero-order valence-corrected chi connectivity index (χ0v) is 10.4. The lowest BCUT2D eigenvalue weighted by Crippen LogP contribution is -2.28. The molecule has 0 saturated heterocycles. The van der Waals surface area contributed by atoms with Crippen LogP contribution in [0.5, 0.6) is 0 Å². The average Bonchev–Trinajstić information content (AvgIpc) is 2.70. The van der Waals surface area contributed by atoms with E-state index >= 15 is 0 Å². The number of rotatable bonds is 1. The molecule has 0 fully saturated rings. The summed E-state index contributed by atoms with van der Waals surface area (Å²) in [6.45, 7) is 3.68. The molecule has 0 aliphatic heterocycles. The fourth-order valence-electron chi connectivity index (χ4n) is 2.17. The smallest absolute Gasteiger partial charge is 0.314 e. The molecular formula is C13H11N3O3. The minimum absolute atomic E-state index is 0.571. The van der Waals surface area contributed by atoms with Crippen molar-refractivity contribution >= 4 is 11.0 Å². The molecule has 0 radical (unpaired) electrons. The van der Waals surface area contributed by atoms with Crippen LogP contribution < -0.4 is 11.1 Å². The van der Waals surface area contributed by atoms with E-state index in [9.17, 15) is 9.59 Å². The van der Waals surface area contributed by atoms with Gasteiger partial charge in [0.25, 0.3) is 0 Å². The molecule has 19 heavy (non-hydrogen) atoms. The van der Waals surface area contributed by atoms with Crippen molar-refractivity contribution < 1.29 is 4.52 Å². The normalized spacial score (nSPS) is 11.1. The molecule has 1 aromatic carbocycles. The summed E-state index contributed by atoms with van der Waals surface area (Å²) in [5.74, 6) is 0.712. The first-order chi connectivity index (χ1) is 9.06. The van der Waals surface area contributed by atoms with Crippen molar-refractivity contribution in [2.45, 2.75) is 13.8 Å². The first-order valence-corrected chi connectivity index (χ1v) is 5.76. The molecule has 0 atom stereocenters. The number of nitrogens with zero attached hydrogens (tertiary/aromatic N) is 1. The summed E-state index contributed by atoms with van der Waals surface area (Å²) in [5.41, 5.74) is 2.40. The maximum atomic E-state index is 11.3. The standard InChI is InChI=1S/C13H11N3O3/c1-6-11(7(2)19-16-6)8-3-4-9-10(5-8)15-13(18)12(17)14-9/h3-5H,1-2H3,(H,14,17)(H,15,18). The minimum atomic E-state index is -0.664. The average molecular weight is 257 g/mol. The van der Waals surface area contributed by atoms with E-state index in [1.165, 1.54) is 0 Å². The van der Waals surface area contributed by atoms with E-state index in [0.717, 1.165) is 16.8 Å². The number of fused-ring (bicyclic) bond motifs is 1. The van der Waals surface area contributed by atoms with Gasteiger partial charge in [0, 0.05) is 5.56 Å². The van der Waals surface area contributed by atoms with Gasteiger partial charge in [0.2, 0.25) is 0 Å². The highest BCUT2D eigenvalue weighted by atomic mass is 16.5. The van der Waals surface area contributed by atoms with Gasteiger partial charge in [0.1, 0.15) is 5.76 Å². The lowest BCUT2D eigenvalue weighted by molar-refractivity contribution is 0.393. The second-order valence-corrected chi connectivity index (χ2v) is 4.37. The molecule has 3 rings (SSSR count). The Morgan fingerprint density at radius 2 is 1.74 bits per heavy atom. The molecule has 6 heteroatoms. The summed E-state index contributed by atoms with van der Waals surface area (Å²) in [6.07, 6.45) is 0. The first kappa shape index (κ1) is 11.5. The largest absolute Gasteiger partial charge is 0.361 e. The summed E-state index contributed by atoms with van der Waals surface area (Å²) < 4.78 is 5.12. The Balaban J connectivity index is 2.31. The van der Waals surface area contributed by atoms with Crippen LogP contribution in [-0.2, 0) is 0 Å². The summed E-state index contributed by atoms with van der Waals surface area (Å²) in [7, 11) is 0. The van der Waals surface area contributed by atoms with Gasteiger partial charge in [0.15, 0.2) is 0 Å². The highest BCUT2D eigenvalue weighted by Crippen LogP contribution is 2.28. The van der Waals surface area contributed by atoms with Crippen LogP contribution in [0.1, 0.15) is 11.5 Å². The van der Waals surface area contributed by atoms with E-state index in [1.807, 2.05) is 19.9 Å². The van der Waals surface area contributed by atoms with Crippen LogP contribution in [0.15, 0.2) is 32.3 Å². The molecule has 0 spiro atoms. The lowest BCUT2D eigenvalue weighted by Gasteiger charge is -2.02. The Hall–Kier alpha value is -2.63. The van der Waals surface area contributed by atoms with Gasteiger partial charge in [0.05, 0.1) is 16.7 Å². The van der Waals surface area contributed by atoms with Crippen LogP contribution in [0, 0.1) is 13.8 Å². The Labute approximate surface area is 107 Å². The Bertz CT molecular complexity index is 867. The molecule has 2 aromatic heterocycles. The van der Waals surface area contributed by atoms with Gasteiger partial charge in [-0.15, -0.1) is 0 Å².